The molecule has 4 heteroatoms. The summed E-state index contributed by atoms with van der Waals surface area (Å²) in [4.78, 5) is 10.4. The van der Waals surface area contributed by atoms with Crippen LogP contribution in [-0.4, -0.2) is 12.8 Å². The summed E-state index contributed by atoms with van der Waals surface area (Å²) in [5, 5.41) is 0. The van der Waals surface area contributed by atoms with Crippen LogP contribution in [0.2, 0.25) is 0 Å². The number of nitrogens with two attached hydrogens (primary N) is 1. The normalized spacial score (nSPS) is 9.31. The van der Waals surface area contributed by atoms with Crippen LogP contribution < -0.4 is 10.5 Å². The molecule has 2 N–H and O–H groups in total. The molecule has 0 aliphatic carbocycles. The third kappa shape index (κ3) is 3.46. The summed E-state index contributed by atoms with van der Waals surface area (Å²) in [6, 6.07) is 6.84. The van der Waals surface area contributed by atoms with Crippen LogP contribution in [0.25, 0.3) is 0 Å². The highest BCUT2D eigenvalue weighted by Crippen LogP contribution is 2.12. The van der Waals surface area contributed by atoms with Gasteiger partial charge in [-0.15, -0.1) is 0 Å². The molecule has 70 valence electrons. The fourth-order valence-electron chi connectivity index (χ4n) is 0.745. The van der Waals surface area contributed by atoms with Crippen molar-refractivity contribution in [3.05, 3.63) is 24.3 Å². The first kappa shape index (κ1) is 9.38. The molecule has 0 heterocycles. The Morgan fingerprint density at radius 2 is 2.00 bits per heavy atom. The van der Waals surface area contributed by atoms with Gasteiger partial charge in [-0.05, 0) is 24.3 Å². The highest BCUT2D eigenvalue weighted by atomic mass is 16.7. The van der Waals surface area contributed by atoms with Gasteiger partial charge in [0.2, 0.25) is 6.79 Å². The van der Waals surface area contributed by atoms with Crippen LogP contribution in [0.3, 0.4) is 0 Å². The highest BCUT2D eigenvalue weighted by Gasteiger charge is 1.94. The lowest BCUT2D eigenvalue weighted by molar-refractivity contribution is -0.147. The molecule has 4 nitrogen and oxygen atoms in total. The molecule has 0 fully saturated rings. The molecule has 0 saturated carbocycles. The Kier molecular flexibility index (Phi) is 3.14. The van der Waals surface area contributed by atoms with E-state index in [-0.39, 0.29) is 12.8 Å². The second kappa shape index (κ2) is 4.35. The second-order valence-corrected chi connectivity index (χ2v) is 2.47. The number of carbonyl (C=O) groups excluding carboxylic acids is 1. The lowest BCUT2D eigenvalue weighted by atomic mass is 10.3. The van der Waals surface area contributed by atoms with E-state index in [0.29, 0.717) is 11.4 Å². The summed E-state index contributed by atoms with van der Waals surface area (Å²) in [7, 11) is 0. The molecule has 0 amide bonds. The van der Waals surface area contributed by atoms with Crippen molar-refractivity contribution in [3.63, 3.8) is 0 Å². The Balaban J connectivity index is 2.37. The van der Waals surface area contributed by atoms with Gasteiger partial charge in [-0.3, -0.25) is 4.79 Å². The number of anilines is 1. The van der Waals surface area contributed by atoms with E-state index in [9.17, 15) is 4.79 Å². The van der Waals surface area contributed by atoms with Crippen molar-refractivity contribution in [1.29, 1.82) is 0 Å². The number of carbonyl (C=O) groups is 1. The van der Waals surface area contributed by atoms with Crippen molar-refractivity contribution in [2.45, 2.75) is 6.92 Å². The zero-order valence-corrected chi connectivity index (χ0v) is 7.32. The molecular formula is C9H11NO3. The second-order valence-electron chi connectivity index (χ2n) is 2.47. The summed E-state index contributed by atoms with van der Waals surface area (Å²) in [5.74, 6) is 0.255. The fraction of sp³-hybridized carbons (Fsp3) is 0.222. The van der Waals surface area contributed by atoms with Gasteiger partial charge in [-0.2, -0.15) is 0 Å². The Hall–Kier alpha value is -1.71. The number of rotatable bonds is 3. The maximum Gasteiger partial charge on any atom is 0.305 e. The van der Waals surface area contributed by atoms with Gasteiger partial charge < -0.3 is 15.2 Å². The van der Waals surface area contributed by atoms with Crippen molar-refractivity contribution in [2.24, 2.45) is 0 Å². The Bertz CT molecular complexity index is 281. The summed E-state index contributed by atoms with van der Waals surface area (Å²) >= 11 is 0. The SMILES string of the molecule is CC(=O)OCOc1ccc(N)cc1. The van der Waals surface area contributed by atoms with Gasteiger partial charge in [0.15, 0.2) is 0 Å². The summed E-state index contributed by atoms with van der Waals surface area (Å²) in [5.41, 5.74) is 6.13. The molecule has 13 heavy (non-hydrogen) atoms. The Morgan fingerprint density at radius 1 is 1.38 bits per heavy atom. The predicted molar refractivity (Wildman–Crippen MR) is 48.1 cm³/mol. The molecule has 0 saturated heterocycles. The molecule has 0 aliphatic heterocycles. The van der Waals surface area contributed by atoms with E-state index in [0.717, 1.165) is 0 Å². The molecule has 0 bridgehead atoms. The lowest BCUT2D eigenvalue weighted by Gasteiger charge is -2.05. The van der Waals surface area contributed by atoms with Crippen LogP contribution in [0.15, 0.2) is 24.3 Å². The Morgan fingerprint density at radius 3 is 2.54 bits per heavy atom. The molecule has 1 rings (SSSR count). The van der Waals surface area contributed by atoms with Crippen LogP contribution >= 0.6 is 0 Å². The minimum absolute atomic E-state index is 0.0702. The number of esters is 1. The first-order chi connectivity index (χ1) is 6.18. The number of benzene rings is 1. The molecule has 0 spiro atoms. The van der Waals surface area contributed by atoms with Crippen LogP contribution in [0.4, 0.5) is 5.69 Å². The third-order valence-electron chi connectivity index (χ3n) is 1.37. The van der Waals surface area contributed by atoms with Crippen molar-refractivity contribution < 1.29 is 14.3 Å². The molecule has 0 atom stereocenters. The van der Waals surface area contributed by atoms with Gasteiger partial charge in [-0.25, -0.2) is 0 Å². The third-order valence-corrected chi connectivity index (χ3v) is 1.37. The monoisotopic (exact) mass is 181 g/mol. The maximum atomic E-state index is 10.4. The van der Waals surface area contributed by atoms with Gasteiger partial charge in [-0.1, -0.05) is 0 Å². The fourth-order valence-corrected chi connectivity index (χ4v) is 0.745. The topological polar surface area (TPSA) is 61.5 Å². The number of hydrogen-bond donors (Lipinski definition) is 1. The van der Waals surface area contributed by atoms with Crippen molar-refractivity contribution in [2.75, 3.05) is 12.5 Å². The number of nitrogen functional groups attached to an aromatic ring is 1. The van der Waals surface area contributed by atoms with Gasteiger partial charge in [0.25, 0.3) is 0 Å². The summed E-state index contributed by atoms with van der Waals surface area (Å²) in [6.45, 7) is 1.26. The molecule has 0 unspecified atom stereocenters. The summed E-state index contributed by atoms with van der Waals surface area (Å²) < 4.78 is 9.66. The molecule has 1 aromatic carbocycles. The average molecular weight is 181 g/mol. The minimum atomic E-state index is -0.365. The zero-order chi connectivity index (χ0) is 9.68. The standard InChI is InChI=1S/C9H11NO3/c1-7(11)12-6-13-9-4-2-8(10)3-5-9/h2-5H,6,10H2,1H3. The number of hydrogen-bond acceptors (Lipinski definition) is 4. The maximum absolute atomic E-state index is 10.4. The van der Waals surface area contributed by atoms with Gasteiger partial charge in [0.05, 0.1) is 0 Å². The predicted octanol–water partition coefficient (Wildman–Crippen LogP) is 1.17. The van der Waals surface area contributed by atoms with Crippen LogP contribution in [0, 0.1) is 0 Å². The van der Waals surface area contributed by atoms with Gasteiger partial charge in [0.1, 0.15) is 5.75 Å². The van der Waals surface area contributed by atoms with E-state index in [4.69, 9.17) is 10.5 Å². The quantitative estimate of drug-likeness (QED) is 0.432. The van der Waals surface area contributed by atoms with E-state index >= 15 is 0 Å². The largest absolute Gasteiger partial charge is 0.457 e. The molecule has 1 aromatic rings. The van der Waals surface area contributed by atoms with Crippen molar-refractivity contribution in [3.8, 4) is 5.75 Å². The van der Waals surface area contributed by atoms with Crippen molar-refractivity contribution in [1.82, 2.24) is 0 Å². The van der Waals surface area contributed by atoms with E-state index in [1.54, 1.807) is 24.3 Å². The molecule has 0 aliphatic rings. The van der Waals surface area contributed by atoms with E-state index in [1.165, 1.54) is 6.92 Å². The van der Waals surface area contributed by atoms with Crippen LogP contribution in [0.5, 0.6) is 5.75 Å². The highest BCUT2D eigenvalue weighted by molar-refractivity contribution is 5.65. The van der Waals surface area contributed by atoms with E-state index < -0.39 is 0 Å². The smallest absolute Gasteiger partial charge is 0.305 e. The van der Waals surface area contributed by atoms with Gasteiger partial charge in [0, 0.05) is 12.6 Å². The van der Waals surface area contributed by atoms with E-state index in [1.807, 2.05) is 0 Å². The molecule has 0 radical (unpaired) electrons. The molecule has 0 aromatic heterocycles. The van der Waals surface area contributed by atoms with Crippen molar-refractivity contribution >= 4 is 11.7 Å². The first-order valence-corrected chi connectivity index (χ1v) is 3.80. The molecular weight excluding hydrogens is 170 g/mol. The lowest BCUT2D eigenvalue weighted by Crippen LogP contribution is -2.06. The zero-order valence-electron chi connectivity index (χ0n) is 7.32. The average Bonchev–Trinajstić information content (AvgIpc) is 2.08. The minimum Gasteiger partial charge on any atom is -0.457 e. The summed E-state index contributed by atoms with van der Waals surface area (Å²) in [6.07, 6.45) is 0. The van der Waals surface area contributed by atoms with Crippen LogP contribution in [0.1, 0.15) is 6.92 Å². The van der Waals surface area contributed by atoms with Gasteiger partial charge >= 0.3 is 5.97 Å². The van der Waals surface area contributed by atoms with E-state index in [2.05, 4.69) is 4.74 Å². The van der Waals surface area contributed by atoms with Crippen LogP contribution in [-0.2, 0) is 9.53 Å². The number of ether oxygens (including phenoxy) is 2. The first-order valence-electron chi connectivity index (χ1n) is 3.80. The Labute approximate surface area is 76.3 Å².